The molecule has 2 N–H and O–H groups in total. The summed E-state index contributed by atoms with van der Waals surface area (Å²) in [7, 11) is 0. The van der Waals surface area contributed by atoms with Crippen molar-refractivity contribution < 1.29 is 4.79 Å². The van der Waals surface area contributed by atoms with E-state index in [4.69, 9.17) is 17.3 Å². The number of hydrogen-bond acceptors (Lipinski definition) is 4. The van der Waals surface area contributed by atoms with Crippen molar-refractivity contribution >= 4 is 39.4 Å². The third-order valence-corrected chi connectivity index (χ3v) is 3.57. The zero-order chi connectivity index (χ0) is 11.7. The third kappa shape index (κ3) is 2.18. The summed E-state index contributed by atoms with van der Waals surface area (Å²) in [4.78, 5) is 21.3. The summed E-state index contributed by atoms with van der Waals surface area (Å²) in [6.45, 7) is 1.06. The maximum absolute atomic E-state index is 11.7. The first-order chi connectivity index (χ1) is 7.61. The van der Waals surface area contributed by atoms with E-state index >= 15 is 0 Å². The van der Waals surface area contributed by atoms with Crippen LogP contribution in [0.2, 0.25) is 5.15 Å². The van der Waals surface area contributed by atoms with Gasteiger partial charge in [0.25, 0.3) is 0 Å². The number of amides is 1. The summed E-state index contributed by atoms with van der Waals surface area (Å²) >= 11 is 9.05. The summed E-state index contributed by atoms with van der Waals surface area (Å²) in [5.41, 5.74) is 5.54. The molecule has 2 rings (SSSR count). The first kappa shape index (κ1) is 11.8. The second-order valence-corrected chi connectivity index (χ2v) is 4.83. The van der Waals surface area contributed by atoms with Gasteiger partial charge in [-0.3, -0.25) is 9.69 Å². The molecule has 1 saturated heterocycles. The van der Waals surface area contributed by atoms with Gasteiger partial charge in [0, 0.05) is 19.2 Å². The highest BCUT2D eigenvalue weighted by Crippen LogP contribution is 2.25. The van der Waals surface area contributed by atoms with Gasteiger partial charge in [-0.05, 0) is 28.4 Å². The van der Waals surface area contributed by atoms with Gasteiger partial charge in [0.1, 0.15) is 5.15 Å². The third-order valence-electron chi connectivity index (χ3n) is 2.47. The average molecular weight is 306 g/mol. The molecule has 1 atom stereocenters. The van der Waals surface area contributed by atoms with Gasteiger partial charge in [-0.2, -0.15) is 4.98 Å². The maximum atomic E-state index is 11.7. The number of rotatable bonds is 2. The normalized spacial score (nSPS) is 20.6. The van der Waals surface area contributed by atoms with Crippen LogP contribution >= 0.6 is 27.5 Å². The lowest BCUT2D eigenvalue weighted by Gasteiger charge is -2.14. The van der Waals surface area contributed by atoms with Gasteiger partial charge in [0.2, 0.25) is 11.9 Å². The molecule has 0 aromatic carbocycles. The van der Waals surface area contributed by atoms with E-state index in [0.717, 1.165) is 0 Å². The van der Waals surface area contributed by atoms with Crippen molar-refractivity contribution in [2.75, 3.05) is 18.0 Å². The van der Waals surface area contributed by atoms with Crippen LogP contribution in [0, 0.1) is 5.92 Å². The van der Waals surface area contributed by atoms with Gasteiger partial charge < -0.3 is 5.73 Å². The minimum absolute atomic E-state index is 0.00570. The minimum atomic E-state index is -0.00570. The lowest BCUT2D eigenvalue weighted by molar-refractivity contribution is -0.117. The predicted octanol–water partition coefficient (Wildman–Crippen LogP) is 1.20. The highest BCUT2D eigenvalue weighted by Gasteiger charge is 2.31. The SMILES string of the molecule is NCC1CC(=O)N(c2ncc(Br)c(Cl)n2)C1. The zero-order valence-corrected chi connectivity index (χ0v) is 10.7. The zero-order valence-electron chi connectivity index (χ0n) is 8.36. The molecule has 1 aliphatic rings. The predicted molar refractivity (Wildman–Crippen MR) is 64.3 cm³/mol. The van der Waals surface area contributed by atoms with Crippen LogP contribution in [0.25, 0.3) is 0 Å². The number of nitrogens with two attached hydrogens (primary N) is 1. The first-order valence-corrected chi connectivity index (χ1v) is 5.97. The Bertz CT molecular complexity index is 428. The molecule has 5 nitrogen and oxygen atoms in total. The van der Waals surface area contributed by atoms with Crippen LogP contribution in [0.4, 0.5) is 5.95 Å². The topological polar surface area (TPSA) is 72.1 Å². The van der Waals surface area contributed by atoms with Crippen molar-refractivity contribution in [3.05, 3.63) is 15.8 Å². The molecule has 2 heterocycles. The van der Waals surface area contributed by atoms with Gasteiger partial charge in [-0.1, -0.05) is 11.6 Å². The lowest BCUT2D eigenvalue weighted by Crippen LogP contribution is -2.27. The van der Waals surface area contributed by atoms with Gasteiger partial charge in [0.05, 0.1) is 4.47 Å². The summed E-state index contributed by atoms with van der Waals surface area (Å²) in [6.07, 6.45) is 1.99. The first-order valence-electron chi connectivity index (χ1n) is 4.80. The van der Waals surface area contributed by atoms with Crippen LogP contribution < -0.4 is 10.6 Å². The molecule has 1 aliphatic heterocycles. The van der Waals surface area contributed by atoms with E-state index in [-0.39, 0.29) is 11.8 Å². The van der Waals surface area contributed by atoms with Crippen molar-refractivity contribution in [3.63, 3.8) is 0 Å². The molecule has 1 amide bonds. The average Bonchev–Trinajstić information content (AvgIpc) is 2.64. The number of nitrogens with zero attached hydrogens (tertiary/aromatic N) is 3. The molecular weight excluding hydrogens is 295 g/mol. The quantitative estimate of drug-likeness (QED) is 0.834. The van der Waals surface area contributed by atoms with Crippen LogP contribution in [0.1, 0.15) is 6.42 Å². The fourth-order valence-electron chi connectivity index (χ4n) is 1.60. The summed E-state index contributed by atoms with van der Waals surface area (Å²) in [6, 6.07) is 0. The molecule has 16 heavy (non-hydrogen) atoms. The summed E-state index contributed by atoms with van der Waals surface area (Å²) in [5.74, 6) is 0.515. The Morgan fingerprint density at radius 1 is 1.69 bits per heavy atom. The van der Waals surface area contributed by atoms with E-state index < -0.39 is 0 Å². The molecule has 1 aromatic heterocycles. The molecule has 86 valence electrons. The van der Waals surface area contributed by atoms with E-state index in [9.17, 15) is 4.79 Å². The lowest BCUT2D eigenvalue weighted by atomic mass is 10.1. The van der Waals surface area contributed by atoms with E-state index in [1.807, 2.05) is 0 Å². The standard InChI is InChI=1S/C9H10BrClN4O/c10-6-3-13-9(14-8(6)11)15-4-5(2-12)1-7(15)16/h3,5H,1-2,4,12H2. The fourth-order valence-corrected chi connectivity index (χ4v) is 1.92. The van der Waals surface area contributed by atoms with E-state index in [1.54, 1.807) is 0 Å². The molecule has 0 radical (unpaired) electrons. The molecule has 1 aromatic rings. The highest BCUT2D eigenvalue weighted by molar-refractivity contribution is 9.10. The van der Waals surface area contributed by atoms with Crippen LogP contribution in [0.15, 0.2) is 10.7 Å². The number of carbonyl (C=O) groups is 1. The van der Waals surface area contributed by atoms with Crippen LogP contribution in [0.5, 0.6) is 0 Å². The fraction of sp³-hybridized carbons (Fsp3) is 0.444. The van der Waals surface area contributed by atoms with E-state index in [1.165, 1.54) is 11.1 Å². The molecule has 0 bridgehead atoms. The number of aromatic nitrogens is 2. The number of halogens is 2. The van der Waals surface area contributed by atoms with Crippen molar-refractivity contribution in [1.29, 1.82) is 0 Å². The number of hydrogen-bond donors (Lipinski definition) is 1. The van der Waals surface area contributed by atoms with Crippen molar-refractivity contribution in [3.8, 4) is 0 Å². The molecule has 0 aliphatic carbocycles. The molecule has 0 saturated carbocycles. The molecule has 7 heteroatoms. The van der Waals surface area contributed by atoms with Crippen molar-refractivity contribution in [2.45, 2.75) is 6.42 Å². The summed E-state index contributed by atoms with van der Waals surface area (Å²) < 4.78 is 0.611. The number of anilines is 1. The Kier molecular flexibility index (Phi) is 3.41. The Morgan fingerprint density at radius 3 is 3.00 bits per heavy atom. The highest BCUT2D eigenvalue weighted by atomic mass is 79.9. The number of carbonyl (C=O) groups excluding carboxylic acids is 1. The second kappa shape index (κ2) is 4.65. The van der Waals surface area contributed by atoms with E-state index in [0.29, 0.717) is 35.1 Å². The van der Waals surface area contributed by atoms with Crippen molar-refractivity contribution in [1.82, 2.24) is 9.97 Å². The van der Waals surface area contributed by atoms with Crippen molar-refractivity contribution in [2.24, 2.45) is 11.7 Å². The molecule has 0 spiro atoms. The molecular formula is C9H10BrClN4O. The minimum Gasteiger partial charge on any atom is -0.330 e. The van der Waals surface area contributed by atoms with Gasteiger partial charge in [-0.15, -0.1) is 0 Å². The Morgan fingerprint density at radius 2 is 2.44 bits per heavy atom. The maximum Gasteiger partial charge on any atom is 0.233 e. The van der Waals surface area contributed by atoms with Crippen LogP contribution in [-0.4, -0.2) is 29.0 Å². The largest absolute Gasteiger partial charge is 0.330 e. The van der Waals surface area contributed by atoms with Gasteiger partial charge >= 0.3 is 0 Å². The second-order valence-electron chi connectivity index (χ2n) is 3.62. The smallest absolute Gasteiger partial charge is 0.233 e. The van der Waals surface area contributed by atoms with Crippen LogP contribution in [-0.2, 0) is 4.79 Å². The van der Waals surface area contributed by atoms with Gasteiger partial charge in [-0.25, -0.2) is 4.98 Å². The Hall–Kier alpha value is -0.720. The monoisotopic (exact) mass is 304 g/mol. The van der Waals surface area contributed by atoms with Crippen LogP contribution in [0.3, 0.4) is 0 Å². The molecule has 1 fully saturated rings. The van der Waals surface area contributed by atoms with E-state index in [2.05, 4.69) is 25.9 Å². The summed E-state index contributed by atoms with van der Waals surface area (Å²) in [5, 5.41) is 0.300. The Balaban J connectivity index is 2.24. The Labute approximate surface area is 106 Å². The van der Waals surface area contributed by atoms with Gasteiger partial charge in [0.15, 0.2) is 0 Å². The molecule has 1 unspecified atom stereocenters.